The van der Waals surface area contributed by atoms with Crippen LogP contribution in [0.2, 0.25) is 0 Å². The average molecular weight is 393 g/mol. The maximum absolute atomic E-state index is 13.1. The van der Waals surface area contributed by atoms with E-state index < -0.39 is 18.0 Å². The van der Waals surface area contributed by atoms with Crippen LogP contribution in [0.1, 0.15) is 47.0 Å². The number of hydrogen-bond acceptors (Lipinski definition) is 4. The Morgan fingerprint density at radius 1 is 1.11 bits per heavy atom. The normalized spacial score (nSPS) is 24.2. The minimum Gasteiger partial charge on any atom is -0.368 e. The number of amides is 5. The summed E-state index contributed by atoms with van der Waals surface area (Å²) in [5.41, 5.74) is 6.26. The lowest BCUT2D eigenvalue weighted by Crippen LogP contribution is -2.51. The van der Waals surface area contributed by atoms with Gasteiger partial charge in [-0.2, -0.15) is 0 Å². The fourth-order valence-corrected chi connectivity index (χ4v) is 3.76. The molecule has 28 heavy (non-hydrogen) atoms. The Kier molecular flexibility index (Phi) is 7.04. The summed E-state index contributed by atoms with van der Waals surface area (Å²) in [7, 11) is 0. The third kappa shape index (κ3) is 5.24. The number of urea groups is 1. The van der Waals surface area contributed by atoms with Crippen molar-refractivity contribution in [3.8, 4) is 0 Å². The molecule has 4 N–H and O–H groups in total. The first-order valence-corrected chi connectivity index (χ1v) is 9.72. The second-order valence-corrected chi connectivity index (χ2v) is 8.03. The molecule has 0 aromatic carbocycles. The van der Waals surface area contributed by atoms with E-state index in [2.05, 4.69) is 10.6 Å². The highest BCUT2D eigenvalue weighted by Crippen LogP contribution is 2.25. The van der Waals surface area contributed by atoms with Gasteiger partial charge in [0.15, 0.2) is 0 Å². The van der Waals surface area contributed by atoms with Crippen LogP contribution >= 0.6 is 0 Å². The predicted molar refractivity (Wildman–Crippen MR) is 104 cm³/mol. The van der Waals surface area contributed by atoms with Gasteiger partial charge in [-0.1, -0.05) is 5.57 Å². The molecule has 0 aromatic rings. The van der Waals surface area contributed by atoms with Gasteiger partial charge in [-0.05, 0) is 47.0 Å². The van der Waals surface area contributed by atoms with Gasteiger partial charge in [0.1, 0.15) is 12.1 Å². The molecule has 3 atom stereocenters. The minimum atomic E-state index is -0.729. The molecule has 9 nitrogen and oxygen atoms in total. The Morgan fingerprint density at radius 3 is 2.36 bits per heavy atom. The molecule has 2 saturated heterocycles. The molecule has 0 aromatic heterocycles. The highest BCUT2D eigenvalue weighted by molar-refractivity contribution is 5.96. The first-order chi connectivity index (χ1) is 13.1. The lowest BCUT2D eigenvalue weighted by molar-refractivity contribution is -0.144. The van der Waals surface area contributed by atoms with Crippen LogP contribution in [0.25, 0.3) is 0 Å². The summed E-state index contributed by atoms with van der Waals surface area (Å²) in [6.45, 7) is 7.99. The van der Waals surface area contributed by atoms with E-state index in [0.29, 0.717) is 25.8 Å². The molecule has 156 valence electrons. The van der Waals surface area contributed by atoms with Crippen molar-refractivity contribution >= 4 is 23.8 Å². The molecule has 0 radical (unpaired) electrons. The number of likely N-dealkylation sites (tertiary alicyclic amines) is 2. The zero-order valence-electron chi connectivity index (χ0n) is 17.0. The van der Waals surface area contributed by atoms with Gasteiger partial charge in [-0.3, -0.25) is 14.4 Å². The van der Waals surface area contributed by atoms with Gasteiger partial charge in [0, 0.05) is 25.2 Å². The van der Waals surface area contributed by atoms with Crippen molar-refractivity contribution < 1.29 is 19.2 Å². The van der Waals surface area contributed by atoms with E-state index >= 15 is 0 Å². The van der Waals surface area contributed by atoms with Crippen LogP contribution in [-0.4, -0.2) is 70.8 Å². The Balaban J connectivity index is 2.18. The number of nitrogens with zero attached hydrogens (tertiary/aromatic N) is 2. The summed E-state index contributed by atoms with van der Waals surface area (Å²) in [6.07, 6.45) is 3.02. The first kappa shape index (κ1) is 21.7. The van der Waals surface area contributed by atoms with Gasteiger partial charge in [0.05, 0.1) is 6.04 Å². The Morgan fingerprint density at radius 2 is 1.79 bits per heavy atom. The topological polar surface area (TPSA) is 125 Å². The van der Waals surface area contributed by atoms with Crippen LogP contribution < -0.4 is 16.4 Å². The molecule has 5 amide bonds. The number of primary amides is 1. The molecule has 2 aliphatic rings. The largest absolute Gasteiger partial charge is 0.368 e. The zero-order chi connectivity index (χ0) is 21.0. The predicted octanol–water partition coefficient (Wildman–Crippen LogP) is 0.106. The highest BCUT2D eigenvalue weighted by Gasteiger charge is 2.44. The van der Waals surface area contributed by atoms with Crippen LogP contribution in [0, 0.1) is 0 Å². The van der Waals surface area contributed by atoms with Crippen molar-refractivity contribution in [3.63, 3.8) is 0 Å². The first-order valence-electron chi connectivity index (χ1n) is 9.72. The van der Waals surface area contributed by atoms with E-state index in [0.717, 1.165) is 5.57 Å². The highest BCUT2D eigenvalue weighted by atomic mass is 16.2. The molecule has 0 saturated carbocycles. The second-order valence-electron chi connectivity index (χ2n) is 8.03. The number of nitrogens with one attached hydrogen (secondary N) is 2. The van der Waals surface area contributed by atoms with Crippen molar-refractivity contribution in [3.05, 3.63) is 11.6 Å². The smallest absolute Gasteiger partial charge is 0.315 e. The van der Waals surface area contributed by atoms with E-state index in [4.69, 9.17) is 5.73 Å². The number of nitrogens with two attached hydrogens (primary N) is 1. The van der Waals surface area contributed by atoms with E-state index in [1.54, 1.807) is 13.8 Å². The zero-order valence-corrected chi connectivity index (χ0v) is 17.0. The van der Waals surface area contributed by atoms with Gasteiger partial charge in [-0.25, -0.2) is 4.79 Å². The van der Waals surface area contributed by atoms with Crippen LogP contribution in [-0.2, 0) is 14.4 Å². The van der Waals surface area contributed by atoms with Crippen molar-refractivity contribution in [1.29, 1.82) is 0 Å². The van der Waals surface area contributed by atoms with Crippen molar-refractivity contribution in [1.82, 2.24) is 20.4 Å². The maximum atomic E-state index is 13.1. The van der Waals surface area contributed by atoms with E-state index in [1.165, 1.54) is 15.9 Å². The Labute approximate surface area is 165 Å². The number of carbonyl (C=O) groups is 4. The second kappa shape index (κ2) is 9.07. The Bertz CT molecular complexity index is 671. The lowest BCUT2D eigenvalue weighted by atomic mass is 10.1. The van der Waals surface area contributed by atoms with Crippen LogP contribution in [0.15, 0.2) is 11.6 Å². The summed E-state index contributed by atoms with van der Waals surface area (Å²) in [4.78, 5) is 52.5. The maximum Gasteiger partial charge on any atom is 0.315 e. The average Bonchev–Trinajstić information content (AvgIpc) is 3.19. The molecule has 3 unspecified atom stereocenters. The summed E-state index contributed by atoms with van der Waals surface area (Å²) < 4.78 is 0. The van der Waals surface area contributed by atoms with Crippen LogP contribution in [0.3, 0.4) is 0 Å². The molecule has 2 heterocycles. The van der Waals surface area contributed by atoms with Gasteiger partial charge in [0.2, 0.25) is 17.7 Å². The molecule has 2 aliphatic heterocycles. The summed E-state index contributed by atoms with van der Waals surface area (Å²) in [5.74, 6) is -1.09. The van der Waals surface area contributed by atoms with Crippen LogP contribution in [0.4, 0.5) is 4.79 Å². The third-order valence-electron chi connectivity index (χ3n) is 4.90. The SMILES string of the molecule is CC(C)=CC(=O)N1CC(NC(=O)NC(C)C)CC1C(=O)N1CCCC1C(N)=O. The standard InChI is InChI=1S/C19H31N5O4/c1-11(2)8-16(25)24-10-13(22-19(28)21-12(3)4)9-15(24)18(27)23-7-5-6-14(23)17(20)26/h8,12-15H,5-7,9-10H2,1-4H3,(H2,20,26)(H2,21,22,28). The Hall–Kier alpha value is -2.58. The van der Waals surface area contributed by atoms with Crippen molar-refractivity contribution in [2.45, 2.75) is 71.1 Å². The van der Waals surface area contributed by atoms with E-state index in [1.807, 2.05) is 13.8 Å². The molecule has 0 spiro atoms. The summed E-state index contributed by atoms with van der Waals surface area (Å²) >= 11 is 0. The fraction of sp³-hybridized carbons (Fsp3) is 0.684. The summed E-state index contributed by atoms with van der Waals surface area (Å²) in [5, 5.41) is 5.58. The van der Waals surface area contributed by atoms with Gasteiger partial charge in [0.25, 0.3) is 0 Å². The molecular formula is C19H31N5O4. The number of allylic oxidation sites excluding steroid dienone is 1. The molecule has 2 fully saturated rings. The lowest BCUT2D eigenvalue weighted by Gasteiger charge is -2.29. The molecular weight excluding hydrogens is 362 g/mol. The molecule has 0 bridgehead atoms. The van der Waals surface area contributed by atoms with Crippen molar-refractivity contribution in [2.24, 2.45) is 5.73 Å². The summed E-state index contributed by atoms with van der Waals surface area (Å²) in [6, 6.07) is -2.07. The van der Waals surface area contributed by atoms with E-state index in [9.17, 15) is 19.2 Å². The van der Waals surface area contributed by atoms with Gasteiger partial charge in [-0.15, -0.1) is 0 Å². The molecule has 2 rings (SSSR count). The number of carbonyl (C=O) groups excluding carboxylic acids is 4. The fourth-order valence-electron chi connectivity index (χ4n) is 3.76. The quantitative estimate of drug-likeness (QED) is 0.573. The third-order valence-corrected chi connectivity index (χ3v) is 4.90. The molecule has 0 aliphatic carbocycles. The molecule has 9 heteroatoms. The number of rotatable bonds is 5. The number of hydrogen-bond donors (Lipinski definition) is 3. The van der Waals surface area contributed by atoms with Crippen LogP contribution in [0.5, 0.6) is 0 Å². The minimum absolute atomic E-state index is 0.0248. The van der Waals surface area contributed by atoms with E-state index in [-0.39, 0.29) is 36.5 Å². The van der Waals surface area contributed by atoms with Gasteiger partial charge >= 0.3 is 6.03 Å². The van der Waals surface area contributed by atoms with Crippen molar-refractivity contribution in [2.75, 3.05) is 13.1 Å². The monoisotopic (exact) mass is 393 g/mol. The van der Waals surface area contributed by atoms with Gasteiger partial charge < -0.3 is 26.2 Å².